The van der Waals surface area contributed by atoms with Gasteiger partial charge in [-0.15, -0.1) is 0 Å². The molecule has 15 heavy (non-hydrogen) atoms. The van der Waals surface area contributed by atoms with Gasteiger partial charge >= 0.3 is 0 Å². The molecule has 0 spiro atoms. The van der Waals surface area contributed by atoms with Crippen LogP contribution < -0.4 is 5.73 Å². The summed E-state index contributed by atoms with van der Waals surface area (Å²) in [5, 5.41) is 3.95. The van der Waals surface area contributed by atoms with Crippen LogP contribution in [0.25, 0.3) is 11.1 Å². The van der Waals surface area contributed by atoms with Crippen LogP contribution in [0.3, 0.4) is 0 Å². The molecule has 6 heteroatoms. The van der Waals surface area contributed by atoms with Crippen LogP contribution >= 0.6 is 0 Å². The van der Waals surface area contributed by atoms with Crippen molar-refractivity contribution in [2.45, 2.75) is 19.8 Å². The standard InChI is InChI=1S/C9H9F2N3O/c1-2-4-3-5-8(12)14-15-9(5)13-6(4)7(10)11/h3,7H,2H2,1H3,(H2,12,14). The van der Waals surface area contributed by atoms with Gasteiger partial charge < -0.3 is 10.3 Å². The SMILES string of the molecule is CCc1cc2c(N)noc2nc1C(F)F. The molecule has 0 aromatic carbocycles. The van der Waals surface area contributed by atoms with E-state index in [0.29, 0.717) is 17.4 Å². The van der Waals surface area contributed by atoms with Gasteiger partial charge in [0.05, 0.1) is 5.39 Å². The average molecular weight is 213 g/mol. The van der Waals surface area contributed by atoms with Crippen molar-refractivity contribution in [3.05, 3.63) is 17.3 Å². The van der Waals surface area contributed by atoms with Gasteiger partial charge in [-0.3, -0.25) is 0 Å². The monoisotopic (exact) mass is 213 g/mol. The van der Waals surface area contributed by atoms with Crippen molar-refractivity contribution in [1.29, 1.82) is 0 Å². The molecule has 2 rings (SSSR count). The first-order valence-electron chi connectivity index (χ1n) is 4.46. The Balaban J connectivity index is 2.71. The summed E-state index contributed by atoms with van der Waals surface area (Å²) in [6.45, 7) is 1.78. The average Bonchev–Trinajstić information content (AvgIpc) is 2.58. The minimum Gasteiger partial charge on any atom is -0.380 e. The van der Waals surface area contributed by atoms with Gasteiger partial charge in [-0.1, -0.05) is 12.1 Å². The predicted octanol–water partition coefficient (Wildman–Crippen LogP) is 2.30. The summed E-state index contributed by atoms with van der Waals surface area (Å²) in [5.74, 6) is 0.174. The second-order valence-electron chi connectivity index (χ2n) is 3.11. The van der Waals surface area contributed by atoms with Crippen molar-refractivity contribution in [1.82, 2.24) is 10.1 Å². The first kappa shape index (κ1) is 9.82. The minimum atomic E-state index is -2.62. The molecule has 0 amide bonds. The van der Waals surface area contributed by atoms with Crippen LogP contribution in [-0.2, 0) is 6.42 Å². The van der Waals surface area contributed by atoms with Gasteiger partial charge in [0.2, 0.25) is 0 Å². The zero-order valence-electron chi connectivity index (χ0n) is 8.00. The zero-order valence-corrected chi connectivity index (χ0v) is 8.00. The quantitative estimate of drug-likeness (QED) is 0.831. The van der Waals surface area contributed by atoms with Crippen molar-refractivity contribution >= 4 is 16.9 Å². The lowest BCUT2D eigenvalue weighted by Crippen LogP contribution is -1.97. The number of nitrogens with two attached hydrogens (primary N) is 1. The molecule has 2 heterocycles. The molecular formula is C9H9F2N3O. The Morgan fingerprint density at radius 1 is 1.53 bits per heavy atom. The van der Waals surface area contributed by atoms with E-state index < -0.39 is 6.43 Å². The van der Waals surface area contributed by atoms with E-state index in [1.54, 1.807) is 13.0 Å². The summed E-state index contributed by atoms with van der Waals surface area (Å²) >= 11 is 0. The molecule has 0 radical (unpaired) electrons. The van der Waals surface area contributed by atoms with E-state index in [1.807, 2.05) is 0 Å². The lowest BCUT2D eigenvalue weighted by atomic mass is 10.1. The number of aryl methyl sites for hydroxylation is 1. The fourth-order valence-corrected chi connectivity index (χ4v) is 1.42. The molecule has 0 unspecified atom stereocenters. The van der Waals surface area contributed by atoms with Crippen LogP contribution in [0.5, 0.6) is 0 Å². The predicted molar refractivity (Wildman–Crippen MR) is 50.6 cm³/mol. The number of hydrogen-bond acceptors (Lipinski definition) is 4. The molecule has 2 aromatic heterocycles. The molecule has 0 atom stereocenters. The first-order valence-corrected chi connectivity index (χ1v) is 4.46. The molecule has 0 fully saturated rings. The second-order valence-corrected chi connectivity index (χ2v) is 3.11. The first-order chi connectivity index (χ1) is 7.13. The number of aromatic nitrogens is 2. The highest BCUT2D eigenvalue weighted by Crippen LogP contribution is 2.27. The Labute approximate surface area is 84.1 Å². The number of nitrogen functional groups attached to an aromatic ring is 1. The van der Waals surface area contributed by atoms with E-state index in [4.69, 9.17) is 10.3 Å². The fraction of sp³-hybridized carbons (Fsp3) is 0.333. The van der Waals surface area contributed by atoms with E-state index in [9.17, 15) is 8.78 Å². The molecule has 0 saturated carbocycles. The van der Waals surface area contributed by atoms with Gasteiger partial charge in [0, 0.05) is 0 Å². The lowest BCUT2D eigenvalue weighted by molar-refractivity contribution is 0.145. The molecule has 0 aliphatic rings. The maximum absolute atomic E-state index is 12.6. The van der Waals surface area contributed by atoms with Crippen LogP contribution in [0, 0.1) is 0 Å². The smallest absolute Gasteiger partial charge is 0.280 e. The van der Waals surface area contributed by atoms with Gasteiger partial charge in [0.25, 0.3) is 12.1 Å². The second kappa shape index (κ2) is 3.45. The highest BCUT2D eigenvalue weighted by Gasteiger charge is 2.18. The lowest BCUT2D eigenvalue weighted by Gasteiger charge is -2.04. The van der Waals surface area contributed by atoms with E-state index in [2.05, 4.69) is 10.1 Å². The molecule has 0 aliphatic heterocycles. The van der Waals surface area contributed by atoms with Gasteiger partial charge in [0.1, 0.15) is 5.69 Å². The summed E-state index contributed by atoms with van der Waals surface area (Å²) in [6, 6.07) is 1.55. The Bertz CT molecular complexity index is 495. The van der Waals surface area contributed by atoms with Crippen molar-refractivity contribution in [2.75, 3.05) is 5.73 Å². The maximum atomic E-state index is 12.6. The summed E-state index contributed by atoms with van der Waals surface area (Å²) in [7, 11) is 0. The normalized spacial score (nSPS) is 11.5. The van der Waals surface area contributed by atoms with Crippen molar-refractivity contribution in [3.63, 3.8) is 0 Å². The summed E-state index contributed by atoms with van der Waals surface area (Å²) in [6.07, 6.45) is -2.15. The Hall–Kier alpha value is -1.72. The third kappa shape index (κ3) is 1.51. The molecule has 4 nitrogen and oxygen atoms in total. The number of nitrogens with zero attached hydrogens (tertiary/aromatic N) is 2. The highest BCUT2D eigenvalue weighted by molar-refractivity contribution is 5.84. The number of fused-ring (bicyclic) bond motifs is 1. The number of halogens is 2. The van der Waals surface area contributed by atoms with Crippen LogP contribution in [0.4, 0.5) is 14.6 Å². The number of rotatable bonds is 2. The molecule has 0 aliphatic carbocycles. The molecule has 0 bridgehead atoms. The molecular weight excluding hydrogens is 204 g/mol. The van der Waals surface area contributed by atoms with Crippen molar-refractivity contribution < 1.29 is 13.3 Å². The van der Waals surface area contributed by atoms with E-state index in [1.165, 1.54) is 0 Å². The highest BCUT2D eigenvalue weighted by atomic mass is 19.3. The fourth-order valence-electron chi connectivity index (χ4n) is 1.42. The Morgan fingerprint density at radius 2 is 2.27 bits per heavy atom. The third-order valence-corrected chi connectivity index (χ3v) is 2.19. The molecule has 0 saturated heterocycles. The van der Waals surface area contributed by atoms with Crippen LogP contribution in [-0.4, -0.2) is 10.1 Å². The minimum absolute atomic E-state index is 0.0556. The van der Waals surface area contributed by atoms with Crippen molar-refractivity contribution in [2.24, 2.45) is 0 Å². The zero-order chi connectivity index (χ0) is 11.0. The number of pyridine rings is 1. The van der Waals surface area contributed by atoms with Gasteiger partial charge in [-0.2, -0.15) is 0 Å². The van der Waals surface area contributed by atoms with Gasteiger partial charge in [-0.25, -0.2) is 13.8 Å². The molecule has 80 valence electrons. The van der Waals surface area contributed by atoms with Crippen molar-refractivity contribution in [3.8, 4) is 0 Å². The van der Waals surface area contributed by atoms with E-state index >= 15 is 0 Å². The summed E-state index contributed by atoms with van der Waals surface area (Å²) in [4.78, 5) is 3.71. The number of anilines is 1. The van der Waals surface area contributed by atoms with E-state index in [0.717, 1.165) is 0 Å². The number of alkyl halides is 2. The topological polar surface area (TPSA) is 64.9 Å². The Kier molecular flexibility index (Phi) is 2.26. The third-order valence-electron chi connectivity index (χ3n) is 2.19. The maximum Gasteiger partial charge on any atom is 0.280 e. The molecule has 2 aromatic rings. The van der Waals surface area contributed by atoms with E-state index in [-0.39, 0.29) is 17.2 Å². The van der Waals surface area contributed by atoms with Crippen LogP contribution in [0.15, 0.2) is 10.6 Å². The summed E-state index contributed by atoms with van der Waals surface area (Å²) < 4.78 is 29.9. The van der Waals surface area contributed by atoms with Gasteiger partial charge in [-0.05, 0) is 18.1 Å². The Morgan fingerprint density at radius 3 is 2.87 bits per heavy atom. The summed E-state index contributed by atoms with van der Waals surface area (Å²) in [5.41, 5.74) is 5.75. The number of hydrogen-bond donors (Lipinski definition) is 1. The van der Waals surface area contributed by atoms with Crippen LogP contribution in [0.2, 0.25) is 0 Å². The van der Waals surface area contributed by atoms with Crippen LogP contribution in [0.1, 0.15) is 24.6 Å². The largest absolute Gasteiger partial charge is 0.380 e. The van der Waals surface area contributed by atoms with Gasteiger partial charge in [0.15, 0.2) is 5.82 Å². The molecule has 2 N–H and O–H groups in total.